The number of amides is 1. The number of rotatable bonds is 2. The molecule has 3 heterocycles. The summed E-state index contributed by atoms with van der Waals surface area (Å²) in [6.07, 6.45) is 3.75. The third-order valence-electron chi connectivity index (χ3n) is 5.37. The fourth-order valence-corrected chi connectivity index (χ4v) is 5.55. The number of aliphatic hydroxyl groups excluding tert-OH is 1. The molecule has 140 valence electrons. The second-order valence-corrected chi connectivity index (χ2v) is 8.41. The molecule has 0 radical (unpaired) electrons. The van der Waals surface area contributed by atoms with Gasteiger partial charge in [0, 0.05) is 29.4 Å². The van der Waals surface area contributed by atoms with E-state index >= 15 is 0 Å². The van der Waals surface area contributed by atoms with Gasteiger partial charge in [0.15, 0.2) is 0 Å². The highest BCUT2D eigenvalue weighted by molar-refractivity contribution is 7.15. The van der Waals surface area contributed by atoms with Crippen LogP contribution in [-0.2, 0) is 17.6 Å². The second-order valence-electron chi connectivity index (χ2n) is 7.32. The van der Waals surface area contributed by atoms with Crippen LogP contribution in [0.5, 0.6) is 0 Å². The minimum absolute atomic E-state index is 0.0384. The highest BCUT2D eigenvalue weighted by Crippen LogP contribution is 2.39. The summed E-state index contributed by atoms with van der Waals surface area (Å²) in [5, 5.41) is 11.1. The quantitative estimate of drug-likeness (QED) is 0.879. The summed E-state index contributed by atoms with van der Waals surface area (Å²) in [7, 11) is 0. The Balaban J connectivity index is 1.81. The van der Waals surface area contributed by atoms with E-state index in [9.17, 15) is 9.90 Å². The van der Waals surface area contributed by atoms with Crippen LogP contribution in [0.1, 0.15) is 45.0 Å². The lowest BCUT2D eigenvalue weighted by molar-refractivity contribution is 0.0534. The monoisotopic (exact) mass is 374 g/mol. The van der Waals surface area contributed by atoms with Gasteiger partial charge in [-0.1, -0.05) is 0 Å². The van der Waals surface area contributed by atoms with E-state index < -0.39 is 6.10 Å². The number of aryl methyl sites for hydroxylation is 3. The summed E-state index contributed by atoms with van der Waals surface area (Å²) in [5.41, 5.74) is 4.37. The molecule has 1 saturated heterocycles. The Morgan fingerprint density at radius 3 is 2.73 bits per heavy atom. The number of carbonyl (C=O) groups is 1. The Morgan fingerprint density at radius 2 is 1.96 bits per heavy atom. The first kappa shape index (κ1) is 17.8. The van der Waals surface area contributed by atoms with E-state index in [0.29, 0.717) is 26.3 Å². The van der Waals surface area contributed by atoms with Crippen LogP contribution in [0.4, 0.5) is 0 Å². The third kappa shape index (κ3) is 3.10. The van der Waals surface area contributed by atoms with Gasteiger partial charge in [-0.05, 0) is 57.2 Å². The lowest BCUT2D eigenvalue weighted by atomic mass is 9.95. The van der Waals surface area contributed by atoms with Crippen molar-refractivity contribution >= 4 is 17.2 Å². The Bertz CT molecular complexity index is 804. The van der Waals surface area contributed by atoms with Crippen LogP contribution in [-0.4, -0.2) is 52.9 Å². The molecule has 1 unspecified atom stereocenters. The molecule has 0 aromatic carbocycles. The molecule has 1 fully saturated rings. The number of hydrogen-bond acceptors (Lipinski definition) is 4. The lowest BCUT2D eigenvalue weighted by Gasteiger charge is -2.23. The van der Waals surface area contributed by atoms with E-state index in [1.54, 1.807) is 16.2 Å². The molecule has 5 nitrogen and oxygen atoms in total. The molecule has 2 aliphatic rings. The minimum atomic E-state index is -0.616. The van der Waals surface area contributed by atoms with Crippen molar-refractivity contribution in [2.75, 3.05) is 26.3 Å². The number of β-amino-alcohol motifs (C(OH)–C–C–N with tert-alkyl or cyclic N) is 1. The lowest BCUT2D eigenvalue weighted by Crippen LogP contribution is -2.38. The first-order valence-corrected chi connectivity index (χ1v) is 10.2. The largest absolute Gasteiger partial charge is 0.389 e. The van der Waals surface area contributed by atoms with E-state index in [0.717, 1.165) is 41.2 Å². The van der Waals surface area contributed by atoms with Gasteiger partial charge in [0.2, 0.25) is 0 Å². The van der Waals surface area contributed by atoms with Gasteiger partial charge in [-0.3, -0.25) is 4.79 Å². The van der Waals surface area contributed by atoms with Crippen molar-refractivity contribution in [2.45, 2.75) is 45.6 Å². The van der Waals surface area contributed by atoms with Gasteiger partial charge >= 0.3 is 0 Å². The Kier molecular flexibility index (Phi) is 4.90. The Labute approximate surface area is 158 Å². The highest BCUT2D eigenvalue weighted by atomic mass is 32.1. The number of nitrogens with zero attached hydrogens (tertiary/aromatic N) is 2. The summed E-state index contributed by atoms with van der Waals surface area (Å²) in [4.78, 5) is 16.6. The molecular formula is C20H26N2O3S. The summed E-state index contributed by atoms with van der Waals surface area (Å²) >= 11 is 1.77. The maximum absolute atomic E-state index is 13.5. The third-order valence-corrected chi connectivity index (χ3v) is 6.65. The minimum Gasteiger partial charge on any atom is -0.389 e. The smallest absolute Gasteiger partial charge is 0.257 e. The number of aliphatic hydroxyl groups is 1. The molecule has 0 bridgehead atoms. The number of carbonyl (C=O) groups excluding carboxylic acids is 1. The molecule has 2 aromatic rings. The topological polar surface area (TPSA) is 54.7 Å². The SMILES string of the molecule is Cc1ccc(C)n1-c1sc2c(c1C(=O)N1CCOCC(O)C1)CCCC2. The predicted octanol–water partition coefficient (Wildman–Crippen LogP) is 2.87. The van der Waals surface area contributed by atoms with Gasteiger partial charge in [0.05, 0.1) is 24.9 Å². The molecular weight excluding hydrogens is 348 g/mol. The van der Waals surface area contributed by atoms with E-state index in [1.165, 1.54) is 16.9 Å². The van der Waals surface area contributed by atoms with Crippen molar-refractivity contribution in [2.24, 2.45) is 0 Å². The predicted molar refractivity (Wildman–Crippen MR) is 102 cm³/mol. The summed E-state index contributed by atoms with van der Waals surface area (Å²) < 4.78 is 7.62. The molecule has 0 saturated carbocycles. The van der Waals surface area contributed by atoms with Crippen molar-refractivity contribution in [3.05, 3.63) is 39.5 Å². The van der Waals surface area contributed by atoms with Crippen molar-refractivity contribution in [1.82, 2.24) is 9.47 Å². The summed E-state index contributed by atoms with van der Waals surface area (Å²) in [6, 6.07) is 4.21. The Hall–Kier alpha value is -1.63. The zero-order valence-electron chi connectivity index (χ0n) is 15.5. The molecule has 1 N–H and O–H groups in total. The molecule has 4 rings (SSSR count). The molecule has 1 aliphatic carbocycles. The van der Waals surface area contributed by atoms with Gasteiger partial charge in [-0.2, -0.15) is 0 Å². The van der Waals surface area contributed by atoms with Crippen LogP contribution in [0.15, 0.2) is 12.1 Å². The summed E-state index contributed by atoms with van der Waals surface area (Å²) in [6.45, 7) is 5.82. The van der Waals surface area contributed by atoms with E-state index in [2.05, 4.69) is 30.5 Å². The van der Waals surface area contributed by atoms with Crippen LogP contribution in [0.2, 0.25) is 0 Å². The van der Waals surface area contributed by atoms with Crippen LogP contribution in [0, 0.1) is 13.8 Å². The van der Waals surface area contributed by atoms with Gasteiger partial charge < -0.3 is 19.3 Å². The first-order chi connectivity index (χ1) is 12.6. The van der Waals surface area contributed by atoms with Gasteiger partial charge in [-0.15, -0.1) is 11.3 Å². The summed E-state index contributed by atoms with van der Waals surface area (Å²) in [5.74, 6) is 0.0384. The highest BCUT2D eigenvalue weighted by Gasteiger charge is 2.31. The van der Waals surface area contributed by atoms with Crippen molar-refractivity contribution in [1.29, 1.82) is 0 Å². The van der Waals surface area contributed by atoms with E-state index in [4.69, 9.17) is 4.74 Å². The normalized spacial score (nSPS) is 20.7. The fraction of sp³-hybridized carbons (Fsp3) is 0.550. The van der Waals surface area contributed by atoms with E-state index in [-0.39, 0.29) is 5.91 Å². The number of hydrogen-bond donors (Lipinski definition) is 1. The average molecular weight is 375 g/mol. The van der Waals surface area contributed by atoms with Crippen LogP contribution in [0.3, 0.4) is 0 Å². The van der Waals surface area contributed by atoms with Crippen LogP contribution >= 0.6 is 11.3 Å². The molecule has 2 aromatic heterocycles. The van der Waals surface area contributed by atoms with Crippen molar-refractivity contribution < 1.29 is 14.6 Å². The zero-order valence-corrected chi connectivity index (χ0v) is 16.3. The standard InChI is InChI=1S/C20H26N2O3S/c1-13-7-8-14(2)22(13)20-18(16-5-3-4-6-17(16)26-20)19(24)21-9-10-25-12-15(23)11-21/h7-8,15,23H,3-6,9-12H2,1-2H3. The number of fused-ring (bicyclic) bond motifs is 1. The maximum Gasteiger partial charge on any atom is 0.257 e. The molecule has 1 atom stereocenters. The molecule has 1 amide bonds. The zero-order chi connectivity index (χ0) is 18.3. The van der Waals surface area contributed by atoms with Crippen LogP contribution < -0.4 is 0 Å². The first-order valence-electron chi connectivity index (χ1n) is 9.41. The fourth-order valence-electron chi connectivity index (χ4n) is 4.05. The number of thiophene rings is 1. The molecule has 1 aliphatic heterocycles. The van der Waals surface area contributed by atoms with Gasteiger partial charge in [0.25, 0.3) is 5.91 Å². The van der Waals surface area contributed by atoms with Crippen molar-refractivity contribution in [3.8, 4) is 5.00 Å². The molecule has 0 spiro atoms. The Morgan fingerprint density at radius 1 is 1.23 bits per heavy atom. The van der Waals surface area contributed by atoms with E-state index in [1.807, 2.05) is 0 Å². The average Bonchev–Trinajstić information content (AvgIpc) is 3.07. The maximum atomic E-state index is 13.5. The van der Waals surface area contributed by atoms with Gasteiger partial charge in [-0.25, -0.2) is 0 Å². The van der Waals surface area contributed by atoms with Gasteiger partial charge in [0.1, 0.15) is 5.00 Å². The number of aromatic nitrogens is 1. The molecule has 6 heteroatoms. The van der Waals surface area contributed by atoms with Crippen LogP contribution in [0.25, 0.3) is 5.00 Å². The second kappa shape index (κ2) is 7.18. The molecule has 26 heavy (non-hydrogen) atoms. The number of ether oxygens (including phenoxy) is 1. The van der Waals surface area contributed by atoms with Crippen molar-refractivity contribution in [3.63, 3.8) is 0 Å².